The number of nitrogens with zero attached hydrogens (tertiary/aromatic N) is 2. The van der Waals surface area contributed by atoms with E-state index in [2.05, 4.69) is 20.5 Å². The molecule has 0 aliphatic carbocycles. The number of aromatic amines is 1. The Labute approximate surface area is 105 Å². The summed E-state index contributed by atoms with van der Waals surface area (Å²) in [6.07, 6.45) is 1.41. The lowest BCUT2D eigenvalue weighted by atomic mass is 10.1. The predicted molar refractivity (Wildman–Crippen MR) is 67.9 cm³/mol. The highest BCUT2D eigenvalue weighted by molar-refractivity contribution is 5.96. The SMILES string of the molecule is Cc1cc(N)ccc1C(=O)NC(C)c1ncn[nH]1. The molecule has 6 nitrogen and oxygen atoms in total. The van der Waals surface area contributed by atoms with Crippen molar-refractivity contribution in [3.63, 3.8) is 0 Å². The molecule has 0 spiro atoms. The molecule has 2 rings (SSSR count). The second-order valence-corrected chi connectivity index (χ2v) is 4.14. The Morgan fingerprint density at radius 1 is 1.50 bits per heavy atom. The fourth-order valence-corrected chi connectivity index (χ4v) is 1.71. The summed E-state index contributed by atoms with van der Waals surface area (Å²) in [4.78, 5) is 16.1. The van der Waals surface area contributed by atoms with Gasteiger partial charge in [-0.1, -0.05) is 0 Å². The van der Waals surface area contributed by atoms with Gasteiger partial charge in [0.05, 0.1) is 6.04 Å². The number of hydrogen-bond acceptors (Lipinski definition) is 4. The van der Waals surface area contributed by atoms with Gasteiger partial charge >= 0.3 is 0 Å². The largest absolute Gasteiger partial charge is 0.399 e. The first-order valence-corrected chi connectivity index (χ1v) is 5.60. The number of nitrogens with one attached hydrogen (secondary N) is 2. The highest BCUT2D eigenvalue weighted by Gasteiger charge is 2.14. The topological polar surface area (TPSA) is 96.7 Å². The Balaban J connectivity index is 2.12. The predicted octanol–water partition coefficient (Wildman–Crippen LogP) is 1.19. The number of carbonyl (C=O) groups excluding carboxylic acids is 1. The van der Waals surface area contributed by atoms with Crippen LogP contribution in [0.3, 0.4) is 0 Å². The molecule has 94 valence electrons. The number of amides is 1. The van der Waals surface area contributed by atoms with Gasteiger partial charge in [0.25, 0.3) is 5.91 Å². The van der Waals surface area contributed by atoms with Gasteiger partial charge in [-0.05, 0) is 37.6 Å². The average Bonchev–Trinajstić information content (AvgIpc) is 2.81. The van der Waals surface area contributed by atoms with E-state index >= 15 is 0 Å². The third kappa shape index (κ3) is 2.48. The molecule has 1 unspecified atom stereocenters. The van der Waals surface area contributed by atoms with Crippen LogP contribution in [0.2, 0.25) is 0 Å². The Morgan fingerprint density at radius 3 is 2.89 bits per heavy atom. The van der Waals surface area contributed by atoms with Crippen molar-refractivity contribution in [1.82, 2.24) is 20.5 Å². The zero-order valence-electron chi connectivity index (χ0n) is 10.3. The molecule has 6 heteroatoms. The Hall–Kier alpha value is -2.37. The van der Waals surface area contributed by atoms with Crippen LogP contribution in [0.4, 0.5) is 5.69 Å². The van der Waals surface area contributed by atoms with Crippen molar-refractivity contribution in [2.75, 3.05) is 5.73 Å². The number of nitrogen functional groups attached to an aromatic ring is 1. The van der Waals surface area contributed by atoms with E-state index in [0.717, 1.165) is 5.56 Å². The molecule has 1 amide bonds. The number of benzene rings is 1. The first-order valence-electron chi connectivity index (χ1n) is 5.60. The fraction of sp³-hybridized carbons (Fsp3) is 0.250. The summed E-state index contributed by atoms with van der Waals surface area (Å²) in [7, 11) is 0. The Kier molecular flexibility index (Phi) is 3.27. The van der Waals surface area contributed by atoms with Gasteiger partial charge in [-0.2, -0.15) is 5.10 Å². The first-order chi connectivity index (χ1) is 8.58. The van der Waals surface area contributed by atoms with Gasteiger partial charge in [0.15, 0.2) is 0 Å². The summed E-state index contributed by atoms with van der Waals surface area (Å²) >= 11 is 0. The van der Waals surface area contributed by atoms with E-state index in [9.17, 15) is 4.79 Å². The zero-order chi connectivity index (χ0) is 13.1. The second kappa shape index (κ2) is 4.87. The van der Waals surface area contributed by atoms with Crippen molar-refractivity contribution < 1.29 is 4.79 Å². The monoisotopic (exact) mass is 245 g/mol. The van der Waals surface area contributed by atoms with Crippen LogP contribution in [0, 0.1) is 6.92 Å². The van der Waals surface area contributed by atoms with E-state index in [-0.39, 0.29) is 11.9 Å². The smallest absolute Gasteiger partial charge is 0.252 e. The fourth-order valence-electron chi connectivity index (χ4n) is 1.71. The molecule has 0 radical (unpaired) electrons. The summed E-state index contributed by atoms with van der Waals surface area (Å²) in [5.74, 6) is 0.466. The third-order valence-corrected chi connectivity index (χ3v) is 2.69. The Morgan fingerprint density at radius 2 is 2.28 bits per heavy atom. The minimum Gasteiger partial charge on any atom is -0.399 e. The molecule has 0 aliphatic heterocycles. The van der Waals surface area contributed by atoms with Gasteiger partial charge in [-0.25, -0.2) is 4.98 Å². The van der Waals surface area contributed by atoms with E-state index in [1.54, 1.807) is 18.2 Å². The summed E-state index contributed by atoms with van der Waals surface area (Å²) in [5.41, 5.74) is 7.75. The van der Waals surface area contributed by atoms with Crippen LogP contribution in [0.1, 0.15) is 34.7 Å². The maximum absolute atomic E-state index is 12.1. The van der Waals surface area contributed by atoms with E-state index in [4.69, 9.17) is 5.73 Å². The molecule has 1 aromatic carbocycles. The molecule has 0 saturated heterocycles. The molecule has 1 atom stereocenters. The van der Waals surface area contributed by atoms with Crippen molar-refractivity contribution in [1.29, 1.82) is 0 Å². The van der Waals surface area contributed by atoms with Crippen LogP contribution in [0.15, 0.2) is 24.5 Å². The van der Waals surface area contributed by atoms with Gasteiger partial charge in [-0.3, -0.25) is 9.89 Å². The number of hydrogen-bond donors (Lipinski definition) is 3. The molecule has 0 aliphatic rings. The molecule has 18 heavy (non-hydrogen) atoms. The lowest BCUT2D eigenvalue weighted by Crippen LogP contribution is -2.28. The van der Waals surface area contributed by atoms with Gasteiger partial charge in [-0.15, -0.1) is 0 Å². The Bertz CT molecular complexity index is 550. The van der Waals surface area contributed by atoms with E-state index in [1.165, 1.54) is 6.33 Å². The quantitative estimate of drug-likeness (QED) is 0.707. The van der Waals surface area contributed by atoms with Crippen molar-refractivity contribution in [2.24, 2.45) is 0 Å². The van der Waals surface area contributed by atoms with Gasteiger partial charge < -0.3 is 11.1 Å². The second-order valence-electron chi connectivity index (χ2n) is 4.14. The van der Waals surface area contributed by atoms with E-state index < -0.39 is 0 Å². The number of rotatable bonds is 3. The van der Waals surface area contributed by atoms with Gasteiger partial charge in [0.2, 0.25) is 0 Å². The van der Waals surface area contributed by atoms with Gasteiger partial charge in [0.1, 0.15) is 12.2 Å². The molecular formula is C12H15N5O. The zero-order valence-corrected chi connectivity index (χ0v) is 10.3. The van der Waals surface area contributed by atoms with Crippen molar-refractivity contribution in [2.45, 2.75) is 19.9 Å². The summed E-state index contributed by atoms with van der Waals surface area (Å²) in [5, 5.41) is 9.32. The lowest BCUT2D eigenvalue weighted by molar-refractivity contribution is 0.0938. The van der Waals surface area contributed by atoms with Crippen LogP contribution in [0.5, 0.6) is 0 Å². The average molecular weight is 245 g/mol. The van der Waals surface area contributed by atoms with E-state index in [1.807, 2.05) is 13.8 Å². The third-order valence-electron chi connectivity index (χ3n) is 2.69. The number of anilines is 1. The lowest BCUT2D eigenvalue weighted by Gasteiger charge is -2.12. The maximum Gasteiger partial charge on any atom is 0.252 e. The number of aromatic nitrogens is 3. The molecule has 0 fully saturated rings. The van der Waals surface area contributed by atoms with Crippen molar-refractivity contribution in [3.05, 3.63) is 41.5 Å². The normalized spacial score (nSPS) is 12.1. The summed E-state index contributed by atoms with van der Waals surface area (Å²) < 4.78 is 0. The minimum absolute atomic E-state index is 0.156. The number of aryl methyl sites for hydroxylation is 1. The number of nitrogens with two attached hydrogens (primary N) is 1. The molecule has 1 heterocycles. The van der Waals surface area contributed by atoms with Gasteiger partial charge in [0, 0.05) is 11.3 Å². The maximum atomic E-state index is 12.1. The highest BCUT2D eigenvalue weighted by Crippen LogP contribution is 2.14. The molecule has 4 N–H and O–H groups in total. The van der Waals surface area contributed by atoms with Crippen LogP contribution < -0.4 is 11.1 Å². The van der Waals surface area contributed by atoms with Crippen molar-refractivity contribution in [3.8, 4) is 0 Å². The number of carbonyl (C=O) groups is 1. The van der Waals surface area contributed by atoms with E-state index in [0.29, 0.717) is 17.1 Å². The summed E-state index contributed by atoms with van der Waals surface area (Å²) in [6.45, 7) is 3.69. The standard InChI is InChI=1S/C12H15N5O/c1-7-5-9(13)3-4-10(7)12(18)16-8(2)11-14-6-15-17-11/h3-6,8H,13H2,1-2H3,(H,16,18)(H,14,15,17). The minimum atomic E-state index is -0.225. The molecule has 1 aromatic heterocycles. The molecule has 0 saturated carbocycles. The molecule has 2 aromatic rings. The van der Waals surface area contributed by atoms with Crippen molar-refractivity contribution >= 4 is 11.6 Å². The highest BCUT2D eigenvalue weighted by atomic mass is 16.1. The first kappa shape index (κ1) is 12.1. The molecular weight excluding hydrogens is 230 g/mol. The number of H-pyrrole nitrogens is 1. The van der Waals surface area contributed by atoms with Crippen LogP contribution in [-0.4, -0.2) is 21.1 Å². The molecule has 0 bridgehead atoms. The van der Waals surface area contributed by atoms with Crippen LogP contribution in [-0.2, 0) is 0 Å². The van der Waals surface area contributed by atoms with Crippen LogP contribution in [0.25, 0.3) is 0 Å². The summed E-state index contributed by atoms with van der Waals surface area (Å²) in [6, 6.07) is 4.97. The van der Waals surface area contributed by atoms with Crippen LogP contribution >= 0.6 is 0 Å².